The van der Waals surface area contributed by atoms with Gasteiger partial charge < -0.3 is 0 Å². The highest BCUT2D eigenvalue weighted by atomic mass is 35.7. The fourth-order valence-corrected chi connectivity index (χ4v) is 1.76. The summed E-state index contributed by atoms with van der Waals surface area (Å²) in [5.74, 6) is 0. The molecule has 1 heterocycles. The summed E-state index contributed by atoms with van der Waals surface area (Å²) in [6.07, 6.45) is -4.67. The molecule has 0 fully saturated rings. The molecule has 0 saturated carbocycles. The van der Waals surface area contributed by atoms with Crippen LogP contribution < -0.4 is 0 Å². The average Bonchev–Trinajstić information content (AvgIpc) is 2.44. The molecule has 0 N–H and O–H groups in total. The largest absolute Gasteiger partial charge is 0.433 e. The predicted molar refractivity (Wildman–Crippen MR) is 50.7 cm³/mol. The van der Waals surface area contributed by atoms with Gasteiger partial charge in [-0.1, -0.05) is 0 Å². The van der Waals surface area contributed by atoms with Crippen LogP contribution in [0.2, 0.25) is 0 Å². The summed E-state index contributed by atoms with van der Waals surface area (Å²) < 4.78 is 59.9. The summed E-state index contributed by atoms with van der Waals surface area (Å²) in [6.45, 7) is 2.90. The van der Waals surface area contributed by atoms with E-state index in [9.17, 15) is 21.6 Å². The van der Waals surface area contributed by atoms with Crippen LogP contribution in [0.25, 0.3) is 0 Å². The fraction of sp³-hybridized carbons (Fsp3) is 0.571. The minimum atomic E-state index is -4.67. The van der Waals surface area contributed by atoms with Crippen LogP contribution in [0.4, 0.5) is 13.2 Å². The summed E-state index contributed by atoms with van der Waals surface area (Å²) >= 11 is 0. The molecule has 92 valence electrons. The Morgan fingerprint density at radius 2 is 1.94 bits per heavy atom. The van der Waals surface area contributed by atoms with Gasteiger partial charge in [0.25, 0.3) is 9.05 Å². The Morgan fingerprint density at radius 1 is 1.44 bits per heavy atom. The van der Waals surface area contributed by atoms with Crippen molar-refractivity contribution in [2.75, 3.05) is 0 Å². The second-order valence-electron chi connectivity index (χ2n) is 3.34. The third-order valence-electron chi connectivity index (χ3n) is 1.74. The van der Waals surface area contributed by atoms with Crippen LogP contribution in [-0.2, 0) is 15.2 Å². The SMILES string of the molecule is CC(C)n1nc(S(=O)(=O)Cl)cc1C(F)(F)F. The van der Waals surface area contributed by atoms with Gasteiger partial charge in [-0.3, -0.25) is 4.68 Å². The summed E-state index contributed by atoms with van der Waals surface area (Å²) in [7, 11) is 0.670. The minimum absolute atomic E-state index is 0.419. The molecule has 1 rings (SSSR count). The Hall–Kier alpha value is -0.760. The lowest BCUT2D eigenvalue weighted by Crippen LogP contribution is -2.16. The molecule has 0 amide bonds. The molecule has 1 aromatic heterocycles. The van der Waals surface area contributed by atoms with Crippen LogP contribution in [0.1, 0.15) is 25.6 Å². The maximum Gasteiger partial charge on any atom is 0.433 e. The third kappa shape index (κ3) is 2.67. The van der Waals surface area contributed by atoms with Gasteiger partial charge in [0.2, 0.25) is 0 Å². The van der Waals surface area contributed by atoms with Crippen LogP contribution >= 0.6 is 10.7 Å². The van der Waals surface area contributed by atoms with E-state index in [1.54, 1.807) is 0 Å². The fourth-order valence-electron chi connectivity index (χ4n) is 1.10. The molecule has 0 aliphatic rings. The summed E-state index contributed by atoms with van der Waals surface area (Å²) in [5.41, 5.74) is -1.14. The summed E-state index contributed by atoms with van der Waals surface area (Å²) in [6, 6.07) is -0.203. The number of halogens is 4. The molecule has 4 nitrogen and oxygen atoms in total. The van der Waals surface area contributed by atoms with Gasteiger partial charge in [-0.2, -0.15) is 18.3 Å². The zero-order valence-corrected chi connectivity index (χ0v) is 9.86. The van der Waals surface area contributed by atoms with Crippen molar-refractivity contribution in [3.8, 4) is 0 Å². The molecule has 0 atom stereocenters. The van der Waals surface area contributed by atoms with E-state index in [0.29, 0.717) is 10.7 Å². The van der Waals surface area contributed by atoms with Crippen LogP contribution in [0.15, 0.2) is 11.1 Å². The number of rotatable bonds is 2. The molecule has 0 aromatic carbocycles. The number of nitrogens with zero attached hydrogens (tertiary/aromatic N) is 2. The first-order chi connectivity index (χ1) is 7.03. The lowest BCUT2D eigenvalue weighted by atomic mass is 10.3. The van der Waals surface area contributed by atoms with E-state index < -0.39 is 32.0 Å². The molecule has 0 saturated heterocycles. The Bertz CT molecular complexity index is 492. The Kier molecular flexibility index (Phi) is 3.26. The van der Waals surface area contributed by atoms with Crippen molar-refractivity contribution in [1.82, 2.24) is 9.78 Å². The minimum Gasteiger partial charge on any atom is -0.257 e. The molecule has 0 radical (unpaired) electrons. The van der Waals surface area contributed by atoms with E-state index in [2.05, 4.69) is 5.10 Å². The number of aromatic nitrogens is 2. The van der Waals surface area contributed by atoms with Gasteiger partial charge in [-0.15, -0.1) is 0 Å². The zero-order chi connectivity index (χ0) is 12.7. The molecule has 0 aliphatic heterocycles. The Labute approximate surface area is 94.4 Å². The molecule has 0 unspecified atom stereocenters. The number of hydrogen-bond donors (Lipinski definition) is 0. The van der Waals surface area contributed by atoms with Gasteiger partial charge in [0, 0.05) is 22.8 Å². The van der Waals surface area contributed by atoms with Crippen molar-refractivity contribution in [3.05, 3.63) is 11.8 Å². The topological polar surface area (TPSA) is 52.0 Å². The van der Waals surface area contributed by atoms with Crippen molar-refractivity contribution < 1.29 is 21.6 Å². The van der Waals surface area contributed by atoms with E-state index in [1.807, 2.05) is 0 Å². The normalized spacial score (nSPS) is 13.4. The molecular formula is C7H8ClF3N2O2S. The van der Waals surface area contributed by atoms with E-state index in [-0.39, 0.29) is 0 Å². The summed E-state index contributed by atoms with van der Waals surface area (Å²) in [5, 5.41) is 2.53. The monoisotopic (exact) mass is 276 g/mol. The number of hydrogen-bond acceptors (Lipinski definition) is 3. The van der Waals surface area contributed by atoms with Crippen molar-refractivity contribution in [3.63, 3.8) is 0 Å². The molecule has 16 heavy (non-hydrogen) atoms. The lowest BCUT2D eigenvalue weighted by molar-refractivity contribution is -0.144. The van der Waals surface area contributed by atoms with Crippen molar-refractivity contribution >= 4 is 19.7 Å². The molecule has 0 aliphatic carbocycles. The van der Waals surface area contributed by atoms with E-state index in [0.717, 1.165) is 0 Å². The first-order valence-electron chi connectivity index (χ1n) is 4.15. The van der Waals surface area contributed by atoms with Crippen molar-refractivity contribution in [2.24, 2.45) is 0 Å². The van der Waals surface area contributed by atoms with E-state index >= 15 is 0 Å². The summed E-state index contributed by atoms with van der Waals surface area (Å²) in [4.78, 5) is 0. The van der Waals surface area contributed by atoms with Crippen molar-refractivity contribution in [2.45, 2.75) is 31.1 Å². The quantitative estimate of drug-likeness (QED) is 0.780. The molecular weight excluding hydrogens is 269 g/mol. The van der Waals surface area contributed by atoms with Gasteiger partial charge in [-0.25, -0.2) is 8.42 Å². The van der Waals surface area contributed by atoms with Crippen molar-refractivity contribution in [1.29, 1.82) is 0 Å². The second-order valence-corrected chi connectivity index (χ2v) is 5.85. The van der Waals surface area contributed by atoms with Crippen LogP contribution in [-0.4, -0.2) is 18.2 Å². The lowest BCUT2D eigenvalue weighted by Gasteiger charge is -2.12. The van der Waals surface area contributed by atoms with Gasteiger partial charge >= 0.3 is 6.18 Å². The molecule has 0 spiro atoms. The second kappa shape index (κ2) is 3.92. The Balaban J connectivity index is 3.44. The maximum absolute atomic E-state index is 12.5. The maximum atomic E-state index is 12.5. The van der Waals surface area contributed by atoms with Gasteiger partial charge in [0.1, 0.15) is 5.69 Å². The predicted octanol–water partition coefficient (Wildman–Crippen LogP) is 2.41. The highest BCUT2D eigenvalue weighted by Gasteiger charge is 2.37. The van der Waals surface area contributed by atoms with Crippen LogP contribution in [0.3, 0.4) is 0 Å². The first kappa shape index (κ1) is 13.3. The number of alkyl halides is 3. The molecule has 1 aromatic rings. The average molecular weight is 277 g/mol. The smallest absolute Gasteiger partial charge is 0.257 e. The van der Waals surface area contributed by atoms with Crippen LogP contribution in [0.5, 0.6) is 0 Å². The highest BCUT2D eigenvalue weighted by Crippen LogP contribution is 2.32. The van der Waals surface area contributed by atoms with E-state index in [4.69, 9.17) is 10.7 Å². The highest BCUT2D eigenvalue weighted by molar-refractivity contribution is 8.13. The Morgan fingerprint density at radius 3 is 2.19 bits per heavy atom. The molecule has 9 heteroatoms. The van der Waals surface area contributed by atoms with Crippen LogP contribution in [0, 0.1) is 0 Å². The van der Waals surface area contributed by atoms with Gasteiger partial charge in [-0.05, 0) is 13.8 Å². The van der Waals surface area contributed by atoms with Gasteiger partial charge in [0.15, 0.2) is 5.03 Å². The zero-order valence-electron chi connectivity index (χ0n) is 8.29. The standard InChI is InChI=1S/C7H8ClF3N2O2S/c1-4(2)13-5(7(9,10)11)3-6(12-13)16(8,14)15/h3-4H,1-2H3. The molecule has 0 bridgehead atoms. The third-order valence-corrected chi connectivity index (χ3v) is 2.92. The van der Waals surface area contributed by atoms with E-state index in [1.165, 1.54) is 13.8 Å². The van der Waals surface area contributed by atoms with Gasteiger partial charge in [0.05, 0.1) is 0 Å². The first-order valence-corrected chi connectivity index (χ1v) is 6.46.